The van der Waals surface area contributed by atoms with Crippen molar-refractivity contribution in [1.29, 1.82) is 5.26 Å². The Hall–Kier alpha value is -1.57. The van der Waals surface area contributed by atoms with Gasteiger partial charge in [-0.15, -0.1) is 0 Å². The minimum absolute atomic E-state index is 0.521. The summed E-state index contributed by atoms with van der Waals surface area (Å²) in [5.74, 6) is 0. The number of likely N-dealkylation sites (N-methyl/N-ethyl adjacent to an activating group) is 1. The Labute approximate surface area is 121 Å². The second kappa shape index (κ2) is 6.74. The van der Waals surface area contributed by atoms with Crippen LogP contribution in [0.25, 0.3) is 0 Å². The summed E-state index contributed by atoms with van der Waals surface area (Å²) in [7, 11) is 2.03. The van der Waals surface area contributed by atoms with Crippen LogP contribution in [0.3, 0.4) is 0 Å². The number of hydrogen-bond donors (Lipinski definition) is 1. The molecule has 1 fully saturated rings. The average molecular weight is 273 g/mol. The van der Waals surface area contributed by atoms with Gasteiger partial charge in [0.25, 0.3) is 0 Å². The van der Waals surface area contributed by atoms with Crippen LogP contribution in [0.15, 0.2) is 18.2 Å². The summed E-state index contributed by atoms with van der Waals surface area (Å²) < 4.78 is 0. The summed E-state index contributed by atoms with van der Waals surface area (Å²) in [5.41, 5.74) is 2.48. The van der Waals surface area contributed by atoms with Gasteiger partial charge in [0.1, 0.15) is 0 Å². The van der Waals surface area contributed by atoms with Gasteiger partial charge in [-0.1, -0.05) is 6.07 Å². The first-order chi connectivity index (χ1) is 9.61. The van der Waals surface area contributed by atoms with E-state index < -0.39 is 6.10 Å². The van der Waals surface area contributed by atoms with Gasteiger partial charge in [0.2, 0.25) is 0 Å². The van der Waals surface area contributed by atoms with Gasteiger partial charge in [0.15, 0.2) is 0 Å². The third kappa shape index (κ3) is 3.50. The van der Waals surface area contributed by atoms with E-state index in [2.05, 4.69) is 15.9 Å². The highest BCUT2D eigenvalue weighted by atomic mass is 16.3. The molecule has 1 aliphatic rings. The van der Waals surface area contributed by atoms with Crippen LogP contribution in [0.4, 0.5) is 5.69 Å². The summed E-state index contributed by atoms with van der Waals surface area (Å²) >= 11 is 0. The van der Waals surface area contributed by atoms with Gasteiger partial charge in [-0.05, 0) is 45.0 Å². The second-order valence-corrected chi connectivity index (χ2v) is 5.53. The van der Waals surface area contributed by atoms with E-state index in [0.717, 1.165) is 24.3 Å². The molecule has 108 valence electrons. The summed E-state index contributed by atoms with van der Waals surface area (Å²) in [4.78, 5) is 4.61. The lowest BCUT2D eigenvalue weighted by Gasteiger charge is -2.26. The summed E-state index contributed by atoms with van der Waals surface area (Å²) in [6.07, 6.45) is 2.08. The molecule has 0 unspecified atom stereocenters. The molecule has 0 bridgehead atoms. The first-order valence-corrected chi connectivity index (χ1v) is 7.27. The predicted molar refractivity (Wildman–Crippen MR) is 80.7 cm³/mol. The van der Waals surface area contributed by atoms with Crippen molar-refractivity contribution in [1.82, 2.24) is 4.90 Å². The van der Waals surface area contributed by atoms with Crippen LogP contribution in [0, 0.1) is 11.3 Å². The zero-order valence-corrected chi connectivity index (χ0v) is 12.3. The first kappa shape index (κ1) is 14.8. The molecule has 0 radical (unpaired) electrons. The highest BCUT2D eigenvalue weighted by Crippen LogP contribution is 2.27. The quantitative estimate of drug-likeness (QED) is 0.893. The minimum Gasteiger partial charge on any atom is -0.389 e. The number of hydrogen-bond acceptors (Lipinski definition) is 4. The van der Waals surface area contributed by atoms with Gasteiger partial charge in [0, 0.05) is 31.4 Å². The molecule has 20 heavy (non-hydrogen) atoms. The fourth-order valence-corrected chi connectivity index (χ4v) is 2.72. The van der Waals surface area contributed by atoms with Crippen LogP contribution in [-0.4, -0.2) is 43.2 Å². The monoisotopic (exact) mass is 273 g/mol. The number of nitrogens with zero attached hydrogens (tertiary/aromatic N) is 3. The number of anilines is 1. The van der Waals surface area contributed by atoms with Crippen molar-refractivity contribution in [3.05, 3.63) is 29.3 Å². The van der Waals surface area contributed by atoms with Crippen LogP contribution in [0.1, 0.15) is 37.0 Å². The molecule has 1 aliphatic heterocycles. The number of aliphatic hydroxyl groups excluding tert-OH is 1. The van der Waals surface area contributed by atoms with E-state index >= 15 is 0 Å². The number of aliphatic hydroxyl groups is 1. The van der Waals surface area contributed by atoms with Crippen molar-refractivity contribution in [2.45, 2.75) is 25.9 Å². The number of benzene rings is 1. The summed E-state index contributed by atoms with van der Waals surface area (Å²) in [6, 6.07) is 7.65. The van der Waals surface area contributed by atoms with Crippen molar-refractivity contribution < 1.29 is 5.11 Å². The summed E-state index contributed by atoms with van der Waals surface area (Å²) in [5, 5.41) is 18.9. The van der Waals surface area contributed by atoms with Crippen molar-refractivity contribution in [2.24, 2.45) is 0 Å². The molecule has 0 aliphatic carbocycles. The van der Waals surface area contributed by atoms with Crippen molar-refractivity contribution >= 4 is 5.69 Å². The minimum atomic E-state index is -0.521. The van der Waals surface area contributed by atoms with E-state index in [1.807, 2.05) is 19.2 Å². The van der Waals surface area contributed by atoms with Gasteiger partial charge >= 0.3 is 0 Å². The van der Waals surface area contributed by atoms with Gasteiger partial charge in [-0.2, -0.15) is 5.26 Å². The Bertz CT molecular complexity index is 487. The number of likely N-dealkylation sites (tertiary alicyclic amines) is 1. The molecular weight excluding hydrogens is 250 g/mol. The molecule has 4 nitrogen and oxygen atoms in total. The molecule has 1 aromatic rings. The van der Waals surface area contributed by atoms with Gasteiger partial charge < -0.3 is 14.9 Å². The van der Waals surface area contributed by atoms with E-state index in [0.29, 0.717) is 5.56 Å². The zero-order chi connectivity index (χ0) is 14.5. The lowest BCUT2D eigenvalue weighted by molar-refractivity contribution is 0.199. The molecule has 1 aromatic carbocycles. The van der Waals surface area contributed by atoms with Crippen molar-refractivity contribution in [3.8, 4) is 6.07 Å². The Balaban J connectivity index is 2.10. The van der Waals surface area contributed by atoms with Gasteiger partial charge in [-0.25, -0.2) is 0 Å². The maximum absolute atomic E-state index is 9.88. The molecule has 1 heterocycles. The van der Waals surface area contributed by atoms with Crippen LogP contribution < -0.4 is 4.90 Å². The predicted octanol–water partition coefficient (Wildman–Crippen LogP) is 2.14. The van der Waals surface area contributed by atoms with E-state index in [-0.39, 0.29) is 0 Å². The molecule has 0 amide bonds. The molecule has 1 N–H and O–H groups in total. The van der Waals surface area contributed by atoms with E-state index in [1.165, 1.54) is 25.9 Å². The normalized spacial score (nSPS) is 16.9. The molecule has 1 atom stereocenters. The lowest BCUT2D eigenvalue weighted by Crippen LogP contribution is -2.32. The van der Waals surface area contributed by atoms with Crippen LogP contribution in [0.5, 0.6) is 0 Å². The van der Waals surface area contributed by atoms with E-state index in [9.17, 15) is 5.11 Å². The lowest BCUT2D eigenvalue weighted by atomic mass is 10.0. The molecule has 0 saturated carbocycles. The molecular formula is C16H23N3O. The molecule has 4 heteroatoms. The number of nitriles is 1. The fourth-order valence-electron chi connectivity index (χ4n) is 2.72. The largest absolute Gasteiger partial charge is 0.389 e. The van der Waals surface area contributed by atoms with Crippen molar-refractivity contribution in [3.63, 3.8) is 0 Å². The highest BCUT2D eigenvalue weighted by Gasteiger charge is 2.15. The molecule has 1 saturated heterocycles. The third-order valence-corrected chi connectivity index (χ3v) is 3.97. The Morgan fingerprint density at radius 3 is 2.70 bits per heavy atom. The van der Waals surface area contributed by atoms with Crippen LogP contribution in [-0.2, 0) is 0 Å². The average Bonchev–Trinajstić information content (AvgIpc) is 2.97. The molecule has 0 spiro atoms. The smallest absolute Gasteiger partial charge is 0.0992 e. The van der Waals surface area contributed by atoms with E-state index in [1.54, 1.807) is 13.0 Å². The van der Waals surface area contributed by atoms with Crippen molar-refractivity contribution in [2.75, 3.05) is 38.1 Å². The number of rotatable bonds is 5. The topological polar surface area (TPSA) is 50.5 Å². The summed E-state index contributed by atoms with van der Waals surface area (Å²) in [6.45, 7) is 6.09. The SMILES string of the molecule is C[C@@H](O)c1ccc(C#N)cc1N(C)CCN1CCCC1. The van der Waals surface area contributed by atoms with E-state index in [4.69, 9.17) is 5.26 Å². The standard InChI is InChI=1S/C16H23N3O/c1-13(20)15-6-5-14(12-17)11-16(15)18(2)9-10-19-7-3-4-8-19/h5-6,11,13,20H,3-4,7-10H2,1-2H3/t13-/m1/s1. The Kier molecular flexibility index (Phi) is 4.99. The van der Waals surface area contributed by atoms with Gasteiger partial charge in [0.05, 0.1) is 17.7 Å². The maximum atomic E-state index is 9.88. The zero-order valence-electron chi connectivity index (χ0n) is 12.3. The van der Waals surface area contributed by atoms with Gasteiger partial charge in [-0.3, -0.25) is 0 Å². The molecule has 0 aromatic heterocycles. The fraction of sp³-hybridized carbons (Fsp3) is 0.562. The molecule has 2 rings (SSSR count). The second-order valence-electron chi connectivity index (χ2n) is 5.53. The maximum Gasteiger partial charge on any atom is 0.0992 e. The highest BCUT2D eigenvalue weighted by molar-refractivity contribution is 5.58. The Morgan fingerprint density at radius 1 is 1.40 bits per heavy atom. The Morgan fingerprint density at radius 2 is 2.10 bits per heavy atom. The first-order valence-electron chi connectivity index (χ1n) is 7.27. The van der Waals surface area contributed by atoms with Crippen LogP contribution in [0.2, 0.25) is 0 Å². The van der Waals surface area contributed by atoms with Crippen LogP contribution >= 0.6 is 0 Å². The third-order valence-electron chi connectivity index (χ3n) is 3.97.